The summed E-state index contributed by atoms with van der Waals surface area (Å²) in [6.45, 7) is 2.93. The van der Waals surface area contributed by atoms with E-state index >= 15 is 0 Å². The Hall–Kier alpha value is -2.22. The smallest absolute Gasteiger partial charge is 0.240 e. The molecular weight excluding hydrogens is 298 g/mol. The molecule has 2 aromatic heterocycles. The fourth-order valence-electron chi connectivity index (χ4n) is 2.97. The van der Waals surface area contributed by atoms with Crippen LogP contribution in [-0.4, -0.2) is 39.2 Å². The molecule has 1 amide bonds. The molecule has 2 aromatic rings. The number of likely N-dealkylation sites (tertiary alicyclic amines) is 1. The molecule has 3 heterocycles. The van der Waals surface area contributed by atoms with Gasteiger partial charge in [0, 0.05) is 12.0 Å². The van der Waals surface area contributed by atoms with Crippen molar-refractivity contribution in [2.75, 3.05) is 18.4 Å². The number of nitrogens with zero attached hydrogens (tertiary/aromatic N) is 4. The number of nitrogens with one attached hydrogen (secondary N) is 1. The van der Waals surface area contributed by atoms with Gasteiger partial charge in [-0.25, -0.2) is 0 Å². The van der Waals surface area contributed by atoms with Crippen LogP contribution in [0.25, 0.3) is 0 Å². The molecule has 1 aliphatic heterocycles. The number of hydrogen-bond donors (Lipinski definition) is 1. The van der Waals surface area contributed by atoms with Gasteiger partial charge < -0.3 is 9.05 Å². The molecule has 1 saturated carbocycles. The van der Waals surface area contributed by atoms with E-state index < -0.39 is 0 Å². The molecule has 0 aromatic carbocycles. The molecule has 2 aliphatic rings. The Morgan fingerprint density at radius 2 is 2.22 bits per heavy atom. The SMILES string of the molecule is Cc1cc(NC(=O)CN2CCC[C@@H]2c2noc(C3CC3)n2)on1. The summed E-state index contributed by atoms with van der Waals surface area (Å²) in [7, 11) is 0. The number of anilines is 1. The standard InChI is InChI=1S/C15H19N5O3/c1-9-7-13(22-18-9)16-12(21)8-20-6-2-3-11(20)14-17-15(23-19-14)10-4-5-10/h7,10-11H,2-6,8H2,1H3,(H,16,21)/t11-/m1/s1. The van der Waals surface area contributed by atoms with E-state index in [9.17, 15) is 4.79 Å². The van der Waals surface area contributed by atoms with Gasteiger partial charge in [0.15, 0.2) is 5.82 Å². The molecule has 1 atom stereocenters. The van der Waals surface area contributed by atoms with Crippen molar-refractivity contribution in [3.63, 3.8) is 0 Å². The monoisotopic (exact) mass is 317 g/mol. The first-order valence-corrected chi connectivity index (χ1v) is 8.00. The van der Waals surface area contributed by atoms with Crippen LogP contribution < -0.4 is 5.32 Å². The van der Waals surface area contributed by atoms with Crippen LogP contribution in [0.4, 0.5) is 5.88 Å². The number of amides is 1. The third-order valence-electron chi connectivity index (χ3n) is 4.28. The summed E-state index contributed by atoms with van der Waals surface area (Å²) in [5, 5.41) is 10.6. The fourth-order valence-corrected chi connectivity index (χ4v) is 2.97. The van der Waals surface area contributed by atoms with E-state index in [0.29, 0.717) is 17.6 Å². The molecule has 1 N–H and O–H groups in total. The predicted molar refractivity (Wildman–Crippen MR) is 79.7 cm³/mol. The summed E-state index contributed by atoms with van der Waals surface area (Å²) in [4.78, 5) is 18.8. The van der Waals surface area contributed by atoms with Crippen molar-refractivity contribution in [3.05, 3.63) is 23.5 Å². The summed E-state index contributed by atoms with van der Waals surface area (Å²) in [5.41, 5.74) is 0.735. The Morgan fingerprint density at radius 1 is 1.35 bits per heavy atom. The van der Waals surface area contributed by atoms with Gasteiger partial charge >= 0.3 is 0 Å². The van der Waals surface area contributed by atoms with Gasteiger partial charge in [-0.05, 0) is 39.2 Å². The lowest BCUT2D eigenvalue weighted by molar-refractivity contribution is -0.117. The minimum Gasteiger partial charge on any atom is -0.339 e. The summed E-state index contributed by atoms with van der Waals surface area (Å²) < 4.78 is 10.3. The molecule has 23 heavy (non-hydrogen) atoms. The molecule has 0 radical (unpaired) electrons. The van der Waals surface area contributed by atoms with Crippen LogP contribution in [0.15, 0.2) is 15.1 Å². The molecule has 2 fully saturated rings. The van der Waals surface area contributed by atoms with Crippen LogP contribution in [0.5, 0.6) is 0 Å². The Kier molecular flexibility index (Phi) is 3.60. The Morgan fingerprint density at radius 3 is 2.96 bits per heavy atom. The van der Waals surface area contributed by atoms with Gasteiger partial charge in [0.05, 0.1) is 18.3 Å². The molecule has 0 unspecified atom stereocenters. The lowest BCUT2D eigenvalue weighted by Crippen LogP contribution is -2.33. The van der Waals surface area contributed by atoms with Crippen molar-refractivity contribution in [2.24, 2.45) is 0 Å². The molecular formula is C15H19N5O3. The zero-order chi connectivity index (χ0) is 15.8. The van der Waals surface area contributed by atoms with E-state index in [4.69, 9.17) is 9.05 Å². The van der Waals surface area contributed by atoms with Crippen molar-refractivity contribution < 1.29 is 13.8 Å². The van der Waals surface area contributed by atoms with Crippen molar-refractivity contribution in [3.8, 4) is 0 Å². The third kappa shape index (κ3) is 3.12. The minimum atomic E-state index is -0.126. The summed E-state index contributed by atoms with van der Waals surface area (Å²) >= 11 is 0. The molecule has 8 nitrogen and oxygen atoms in total. The molecule has 0 spiro atoms. The number of aromatic nitrogens is 3. The molecule has 1 aliphatic carbocycles. The third-order valence-corrected chi connectivity index (χ3v) is 4.28. The molecule has 0 bridgehead atoms. The van der Waals surface area contributed by atoms with Crippen LogP contribution in [-0.2, 0) is 4.79 Å². The lowest BCUT2D eigenvalue weighted by atomic mass is 10.2. The van der Waals surface area contributed by atoms with Crippen molar-refractivity contribution >= 4 is 11.8 Å². The first kappa shape index (κ1) is 14.4. The van der Waals surface area contributed by atoms with Gasteiger partial charge in [0.1, 0.15) is 0 Å². The quantitative estimate of drug-likeness (QED) is 0.901. The highest BCUT2D eigenvalue weighted by molar-refractivity contribution is 5.91. The topological polar surface area (TPSA) is 97.3 Å². The first-order chi connectivity index (χ1) is 11.2. The van der Waals surface area contributed by atoms with Crippen molar-refractivity contribution in [1.29, 1.82) is 0 Å². The Bertz CT molecular complexity index is 706. The van der Waals surface area contributed by atoms with E-state index in [1.54, 1.807) is 6.07 Å². The van der Waals surface area contributed by atoms with Crippen LogP contribution >= 0.6 is 0 Å². The van der Waals surface area contributed by atoms with Crippen LogP contribution in [0.3, 0.4) is 0 Å². The van der Waals surface area contributed by atoms with Gasteiger partial charge in [-0.3, -0.25) is 15.0 Å². The average Bonchev–Trinajstić information content (AvgIpc) is 2.91. The van der Waals surface area contributed by atoms with Gasteiger partial charge in [-0.2, -0.15) is 4.98 Å². The van der Waals surface area contributed by atoms with E-state index in [0.717, 1.165) is 43.8 Å². The van der Waals surface area contributed by atoms with Gasteiger partial charge in [-0.15, -0.1) is 0 Å². The van der Waals surface area contributed by atoms with Crippen LogP contribution in [0.2, 0.25) is 0 Å². The largest absolute Gasteiger partial charge is 0.339 e. The lowest BCUT2D eigenvalue weighted by Gasteiger charge is -2.20. The number of carbonyl (C=O) groups excluding carboxylic acids is 1. The maximum Gasteiger partial charge on any atom is 0.240 e. The van der Waals surface area contributed by atoms with E-state index in [1.807, 2.05) is 6.92 Å². The summed E-state index contributed by atoms with van der Waals surface area (Å²) in [6.07, 6.45) is 4.23. The second-order valence-corrected chi connectivity index (χ2v) is 6.27. The summed E-state index contributed by atoms with van der Waals surface area (Å²) in [5.74, 6) is 2.14. The highest BCUT2D eigenvalue weighted by Gasteiger charge is 2.34. The van der Waals surface area contributed by atoms with Crippen molar-refractivity contribution in [1.82, 2.24) is 20.2 Å². The first-order valence-electron chi connectivity index (χ1n) is 8.00. The van der Waals surface area contributed by atoms with E-state index in [-0.39, 0.29) is 18.5 Å². The van der Waals surface area contributed by atoms with E-state index in [2.05, 4.69) is 25.5 Å². The predicted octanol–water partition coefficient (Wildman–Crippen LogP) is 2.02. The highest BCUT2D eigenvalue weighted by Crippen LogP contribution is 2.40. The van der Waals surface area contributed by atoms with Crippen molar-refractivity contribution in [2.45, 2.75) is 44.6 Å². The van der Waals surface area contributed by atoms with Gasteiger partial charge in [-0.1, -0.05) is 10.3 Å². The Labute approximate surface area is 133 Å². The van der Waals surface area contributed by atoms with E-state index in [1.165, 1.54) is 0 Å². The Balaban J connectivity index is 1.39. The highest BCUT2D eigenvalue weighted by atomic mass is 16.5. The molecule has 4 rings (SSSR count). The second kappa shape index (κ2) is 5.77. The molecule has 8 heteroatoms. The normalized spacial score (nSPS) is 21.7. The molecule has 1 saturated heterocycles. The second-order valence-electron chi connectivity index (χ2n) is 6.27. The maximum atomic E-state index is 12.2. The van der Waals surface area contributed by atoms with Gasteiger partial charge in [0.25, 0.3) is 0 Å². The van der Waals surface area contributed by atoms with Crippen LogP contribution in [0.1, 0.15) is 55.1 Å². The number of hydrogen-bond acceptors (Lipinski definition) is 7. The minimum absolute atomic E-state index is 0.0495. The molecule has 122 valence electrons. The zero-order valence-corrected chi connectivity index (χ0v) is 13.0. The summed E-state index contributed by atoms with van der Waals surface area (Å²) in [6, 6.07) is 1.74. The average molecular weight is 317 g/mol. The fraction of sp³-hybridized carbons (Fsp3) is 0.600. The number of carbonyl (C=O) groups is 1. The maximum absolute atomic E-state index is 12.2. The number of rotatable bonds is 5. The van der Waals surface area contributed by atoms with Gasteiger partial charge in [0.2, 0.25) is 17.7 Å². The number of aryl methyl sites for hydroxylation is 1. The van der Waals surface area contributed by atoms with Crippen LogP contribution in [0, 0.1) is 6.92 Å². The zero-order valence-electron chi connectivity index (χ0n) is 13.0.